The highest BCUT2D eigenvalue weighted by Crippen LogP contribution is 2.34. The molecule has 0 aromatic heterocycles. The molecule has 0 aliphatic carbocycles. The minimum atomic E-state index is -4.26. The first-order valence-corrected chi connectivity index (χ1v) is 8.57. The van der Waals surface area contributed by atoms with Crippen molar-refractivity contribution in [3.8, 4) is 0 Å². The van der Waals surface area contributed by atoms with E-state index >= 15 is 0 Å². The molecule has 0 unspecified atom stereocenters. The molecule has 0 aromatic carbocycles. The van der Waals surface area contributed by atoms with Gasteiger partial charge in [-0.2, -0.15) is 0 Å². The van der Waals surface area contributed by atoms with Crippen LogP contribution in [0.4, 0.5) is 0 Å². The van der Waals surface area contributed by atoms with Crippen LogP contribution in [0, 0.1) is 0 Å². The van der Waals surface area contributed by atoms with Gasteiger partial charge >= 0.3 is 13.6 Å². The molecule has 0 saturated heterocycles. The van der Waals surface area contributed by atoms with Crippen molar-refractivity contribution in [3.63, 3.8) is 0 Å². The third-order valence-electron chi connectivity index (χ3n) is 0.755. The molecule has 7 heteroatoms. The zero-order valence-electron chi connectivity index (χ0n) is 7.27. The Morgan fingerprint density at radius 1 is 1.42 bits per heavy atom. The summed E-state index contributed by atoms with van der Waals surface area (Å²) in [6.45, 7) is 5.31. The fourth-order valence-electron chi connectivity index (χ4n) is 0.542. The summed E-state index contributed by atoms with van der Waals surface area (Å²) in [5, 5.41) is 0. The minimum Gasteiger partial charge on any atom is -0.519 e. The van der Waals surface area contributed by atoms with Gasteiger partial charge < -0.3 is 14.2 Å². The molecule has 0 saturated carbocycles. The molecule has 0 spiro atoms. The predicted molar refractivity (Wildman–Crippen MR) is 46.3 cm³/mol. The summed E-state index contributed by atoms with van der Waals surface area (Å²) in [7, 11) is -6.27. The van der Waals surface area contributed by atoms with Crippen LogP contribution in [0.1, 0.15) is 0 Å². The summed E-state index contributed by atoms with van der Waals surface area (Å²) in [5.74, 6) is -0.817. The maximum Gasteiger partial charge on any atom is 0.336 e. The normalized spacial score (nSPS) is 12.8. The Hall–Kier alpha value is -0.163. The van der Waals surface area contributed by atoms with E-state index in [-0.39, 0.29) is 0 Å². The van der Waals surface area contributed by atoms with Crippen LogP contribution in [0.5, 0.6) is 0 Å². The van der Waals surface area contributed by atoms with Crippen molar-refractivity contribution in [1.82, 2.24) is 0 Å². The van der Waals surface area contributed by atoms with Gasteiger partial charge in [-0.25, -0.2) is 0 Å². The van der Waals surface area contributed by atoms with Crippen LogP contribution in [-0.4, -0.2) is 30.2 Å². The lowest BCUT2D eigenvalue weighted by atomic mass is 10.8. The van der Waals surface area contributed by atoms with Gasteiger partial charge in [0.15, 0.2) is 0 Å². The topological polar surface area (TPSA) is 83.8 Å². The summed E-state index contributed by atoms with van der Waals surface area (Å²) >= 11 is 0. The second-order valence-electron chi connectivity index (χ2n) is 3.41. The molecule has 5 nitrogen and oxygen atoms in total. The molecule has 72 valence electrons. The highest BCUT2D eigenvalue weighted by atomic mass is 31.2. The van der Waals surface area contributed by atoms with Crippen molar-refractivity contribution in [2.75, 3.05) is 6.16 Å². The van der Waals surface area contributed by atoms with E-state index in [0.29, 0.717) is 0 Å². The predicted octanol–water partition coefficient (Wildman–Crippen LogP) is 0.542. The molecule has 12 heavy (non-hydrogen) atoms. The lowest BCUT2D eigenvalue weighted by Gasteiger charge is -2.17. The molecule has 0 radical (unpaired) electrons. The van der Waals surface area contributed by atoms with Gasteiger partial charge in [-0.3, -0.25) is 9.36 Å². The fraction of sp³-hybridized carbons (Fsp3) is 0.800. The lowest BCUT2D eigenvalue weighted by Crippen LogP contribution is -2.30. The van der Waals surface area contributed by atoms with Crippen LogP contribution in [0.2, 0.25) is 19.6 Å². The Labute approximate surface area is 72.0 Å². The molecule has 0 heterocycles. The number of carbonyl (C=O) groups excluding carboxylic acids is 1. The molecule has 0 amide bonds. The summed E-state index contributed by atoms with van der Waals surface area (Å²) in [4.78, 5) is 27.6. The zero-order valence-corrected chi connectivity index (χ0v) is 9.17. The molecule has 0 rings (SSSR count). The van der Waals surface area contributed by atoms with Crippen LogP contribution in [0.25, 0.3) is 0 Å². The van der Waals surface area contributed by atoms with Gasteiger partial charge in [-0.15, -0.1) is 0 Å². The molecule has 0 bridgehead atoms. The van der Waals surface area contributed by atoms with Crippen LogP contribution in [0.15, 0.2) is 0 Å². The van der Waals surface area contributed by atoms with Crippen molar-refractivity contribution in [2.24, 2.45) is 0 Å². The first kappa shape index (κ1) is 11.8. The average Bonchev–Trinajstić information content (AvgIpc) is 1.49. The molecular weight excluding hydrogens is 199 g/mol. The molecule has 0 aliphatic heterocycles. The second-order valence-corrected chi connectivity index (χ2v) is 9.48. The summed E-state index contributed by atoms with van der Waals surface area (Å²) in [6.07, 6.45) is -0.822. The third kappa shape index (κ3) is 7.94. The quantitative estimate of drug-likeness (QED) is 0.527. The molecule has 0 fully saturated rings. The Morgan fingerprint density at radius 2 is 1.83 bits per heavy atom. The van der Waals surface area contributed by atoms with Crippen molar-refractivity contribution < 1.29 is 23.6 Å². The van der Waals surface area contributed by atoms with E-state index < -0.39 is 28.0 Å². The van der Waals surface area contributed by atoms with E-state index in [4.69, 9.17) is 14.2 Å². The number of rotatable bonds is 3. The monoisotopic (exact) mass is 212 g/mol. The first-order valence-electron chi connectivity index (χ1n) is 3.36. The van der Waals surface area contributed by atoms with E-state index in [9.17, 15) is 9.36 Å². The highest BCUT2D eigenvalue weighted by Gasteiger charge is 2.25. The first-order chi connectivity index (χ1) is 5.10. The van der Waals surface area contributed by atoms with Crippen LogP contribution >= 0.6 is 7.60 Å². The van der Waals surface area contributed by atoms with E-state index in [1.807, 2.05) is 0 Å². The number of hydrogen-bond acceptors (Lipinski definition) is 3. The molecule has 0 aliphatic rings. The maximum atomic E-state index is 10.8. The van der Waals surface area contributed by atoms with E-state index in [0.717, 1.165) is 0 Å². The molecule has 0 aromatic rings. The minimum absolute atomic E-state index is 0.817. The Kier molecular flexibility index (Phi) is 3.65. The Balaban J connectivity index is 4.01. The fourth-order valence-corrected chi connectivity index (χ4v) is 1.82. The molecule has 2 N–H and O–H groups in total. The van der Waals surface area contributed by atoms with Gasteiger partial charge in [0.2, 0.25) is 8.32 Å². The largest absolute Gasteiger partial charge is 0.519 e. The van der Waals surface area contributed by atoms with Crippen molar-refractivity contribution in [2.45, 2.75) is 19.6 Å². The zero-order chi connectivity index (χ0) is 9.99. The van der Waals surface area contributed by atoms with E-state index in [2.05, 4.69) is 0 Å². The Morgan fingerprint density at radius 3 is 2.08 bits per heavy atom. The smallest absolute Gasteiger partial charge is 0.336 e. The van der Waals surface area contributed by atoms with Crippen LogP contribution in [0.3, 0.4) is 0 Å². The van der Waals surface area contributed by atoms with Crippen LogP contribution < -0.4 is 0 Å². The molecular formula is C5H13O5PSi. The van der Waals surface area contributed by atoms with Gasteiger partial charge in [-0.05, 0) is 19.6 Å². The van der Waals surface area contributed by atoms with Crippen LogP contribution in [-0.2, 0) is 13.8 Å². The SMILES string of the molecule is C[Si](C)(C)OC(=O)CP(=O)(O)O. The maximum absolute atomic E-state index is 10.8. The van der Waals surface area contributed by atoms with E-state index in [1.165, 1.54) is 0 Å². The van der Waals surface area contributed by atoms with Crippen molar-refractivity contribution in [1.29, 1.82) is 0 Å². The van der Waals surface area contributed by atoms with Crippen molar-refractivity contribution in [3.05, 3.63) is 0 Å². The van der Waals surface area contributed by atoms with Gasteiger partial charge in [0, 0.05) is 0 Å². The van der Waals surface area contributed by atoms with Crippen molar-refractivity contribution >= 4 is 21.9 Å². The summed E-state index contributed by atoms with van der Waals surface area (Å²) < 4.78 is 15.2. The second kappa shape index (κ2) is 3.70. The van der Waals surface area contributed by atoms with Gasteiger partial charge in [-0.1, -0.05) is 0 Å². The Bertz CT molecular complexity index is 214. The van der Waals surface area contributed by atoms with Gasteiger partial charge in [0.25, 0.3) is 0 Å². The summed E-state index contributed by atoms with van der Waals surface area (Å²) in [6, 6.07) is 0. The number of hydrogen-bond donors (Lipinski definition) is 2. The third-order valence-corrected chi connectivity index (χ3v) is 2.27. The average molecular weight is 212 g/mol. The van der Waals surface area contributed by atoms with Gasteiger partial charge in [0.05, 0.1) is 0 Å². The lowest BCUT2D eigenvalue weighted by molar-refractivity contribution is -0.132. The van der Waals surface area contributed by atoms with Gasteiger partial charge in [0.1, 0.15) is 6.16 Å². The highest BCUT2D eigenvalue weighted by molar-refractivity contribution is 7.52. The molecule has 0 atom stereocenters. The van der Waals surface area contributed by atoms with E-state index in [1.54, 1.807) is 19.6 Å². The number of carbonyl (C=O) groups is 1. The standard InChI is InChI=1S/C5H13O5PSi/c1-12(2,3)10-5(6)4-11(7,8)9/h4H2,1-3H3,(H2,7,8,9). The summed E-state index contributed by atoms with van der Waals surface area (Å²) in [5.41, 5.74) is 0.